The van der Waals surface area contributed by atoms with Gasteiger partial charge in [0.05, 0.1) is 19.3 Å². The number of benzene rings is 2. The summed E-state index contributed by atoms with van der Waals surface area (Å²) in [6.45, 7) is 2.10. The molecule has 2 aromatic carbocycles. The van der Waals surface area contributed by atoms with E-state index in [0.29, 0.717) is 0 Å². The second kappa shape index (κ2) is 5.79. The minimum Gasteiger partial charge on any atom is -0.497 e. The monoisotopic (exact) mass is 279 g/mol. The maximum atomic E-state index is 5.18. The Hall–Kier alpha value is -2.62. The lowest BCUT2D eigenvalue weighted by Crippen LogP contribution is -2.08. The van der Waals surface area contributed by atoms with Crippen molar-refractivity contribution in [3.05, 3.63) is 60.3 Å². The first-order valence-corrected chi connectivity index (χ1v) is 6.89. The Morgan fingerprint density at radius 2 is 1.81 bits per heavy atom. The summed E-state index contributed by atoms with van der Waals surface area (Å²) in [4.78, 5) is 0. The lowest BCUT2D eigenvalue weighted by Gasteiger charge is -2.16. The molecule has 3 rings (SSSR count). The van der Waals surface area contributed by atoms with Gasteiger partial charge in [-0.05, 0) is 24.6 Å². The quantitative estimate of drug-likeness (QED) is 0.789. The van der Waals surface area contributed by atoms with Crippen molar-refractivity contribution in [1.82, 2.24) is 10.2 Å². The fourth-order valence-corrected chi connectivity index (χ4v) is 2.32. The minimum absolute atomic E-state index is 0.135. The summed E-state index contributed by atoms with van der Waals surface area (Å²) in [6.07, 6.45) is 1.78. The van der Waals surface area contributed by atoms with Gasteiger partial charge < -0.3 is 10.1 Å². The molecule has 21 heavy (non-hydrogen) atoms. The second-order valence-electron chi connectivity index (χ2n) is 4.92. The molecule has 1 unspecified atom stereocenters. The zero-order chi connectivity index (χ0) is 14.7. The molecule has 0 aliphatic heterocycles. The van der Waals surface area contributed by atoms with Gasteiger partial charge in [0.15, 0.2) is 5.82 Å². The van der Waals surface area contributed by atoms with Crippen molar-refractivity contribution in [3.63, 3.8) is 0 Å². The average Bonchev–Trinajstić information content (AvgIpc) is 2.55. The van der Waals surface area contributed by atoms with E-state index in [2.05, 4.69) is 34.6 Å². The largest absolute Gasteiger partial charge is 0.497 e. The van der Waals surface area contributed by atoms with Gasteiger partial charge in [0.2, 0.25) is 0 Å². The standard InChI is InChI=1S/C17H17N3O/c1-12(13-7-9-15(21-2)10-8-13)19-17-16-6-4-3-5-14(16)11-18-20-17/h3-12H,1-2H3,(H,19,20). The Morgan fingerprint density at radius 3 is 2.57 bits per heavy atom. The van der Waals surface area contributed by atoms with Crippen LogP contribution in [0.1, 0.15) is 18.5 Å². The van der Waals surface area contributed by atoms with Gasteiger partial charge in [-0.2, -0.15) is 5.10 Å². The van der Waals surface area contributed by atoms with Gasteiger partial charge in [0.25, 0.3) is 0 Å². The van der Waals surface area contributed by atoms with Gasteiger partial charge in [0, 0.05) is 10.8 Å². The van der Waals surface area contributed by atoms with E-state index >= 15 is 0 Å². The normalized spacial score (nSPS) is 12.1. The summed E-state index contributed by atoms with van der Waals surface area (Å²) in [5.41, 5.74) is 1.17. The summed E-state index contributed by atoms with van der Waals surface area (Å²) in [6, 6.07) is 16.2. The van der Waals surface area contributed by atoms with Crippen LogP contribution in [0.15, 0.2) is 54.7 Å². The Labute approximate surface area is 123 Å². The van der Waals surface area contributed by atoms with Crippen molar-refractivity contribution >= 4 is 16.6 Å². The molecule has 1 aromatic heterocycles. The highest BCUT2D eigenvalue weighted by Gasteiger charge is 2.09. The van der Waals surface area contributed by atoms with Gasteiger partial charge in [-0.3, -0.25) is 0 Å². The molecular weight excluding hydrogens is 262 g/mol. The third-order valence-electron chi connectivity index (χ3n) is 3.54. The van der Waals surface area contributed by atoms with Crippen LogP contribution in [0, 0.1) is 0 Å². The van der Waals surface area contributed by atoms with E-state index in [9.17, 15) is 0 Å². The van der Waals surface area contributed by atoms with Crippen LogP contribution < -0.4 is 10.1 Å². The predicted octanol–water partition coefficient (Wildman–Crippen LogP) is 3.81. The van der Waals surface area contributed by atoms with Crippen LogP contribution in [-0.2, 0) is 0 Å². The summed E-state index contributed by atoms with van der Waals surface area (Å²) >= 11 is 0. The van der Waals surface area contributed by atoms with E-state index in [1.165, 1.54) is 5.56 Å². The number of nitrogens with zero attached hydrogens (tertiary/aromatic N) is 2. The first kappa shape index (κ1) is 13.4. The maximum absolute atomic E-state index is 5.18. The van der Waals surface area contributed by atoms with Crippen LogP contribution in [0.4, 0.5) is 5.82 Å². The highest BCUT2D eigenvalue weighted by molar-refractivity contribution is 5.90. The molecule has 0 aliphatic rings. The van der Waals surface area contributed by atoms with Crippen molar-refractivity contribution in [2.75, 3.05) is 12.4 Å². The molecule has 0 amide bonds. The van der Waals surface area contributed by atoms with Gasteiger partial charge >= 0.3 is 0 Å². The van der Waals surface area contributed by atoms with Gasteiger partial charge in [0.1, 0.15) is 5.75 Å². The third kappa shape index (κ3) is 2.79. The molecule has 0 radical (unpaired) electrons. The van der Waals surface area contributed by atoms with E-state index in [4.69, 9.17) is 4.74 Å². The molecule has 1 N–H and O–H groups in total. The van der Waals surface area contributed by atoms with Crippen LogP contribution in [0.25, 0.3) is 10.8 Å². The number of ether oxygens (including phenoxy) is 1. The molecule has 1 heterocycles. The van der Waals surface area contributed by atoms with E-state index in [0.717, 1.165) is 22.3 Å². The van der Waals surface area contributed by atoms with Crippen LogP contribution in [0.5, 0.6) is 5.75 Å². The molecule has 0 saturated carbocycles. The fourth-order valence-electron chi connectivity index (χ4n) is 2.32. The summed E-state index contributed by atoms with van der Waals surface area (Å²) in [5.74, 6) is 1.66. The smallest absolute Gasteiger partial charge is 0.157 e. The molecule has 3 aromatic rings. The van der Waals surface area contributed by atoms with Crippen LogP contribution in [0.3, 0.4) is 0 Å². The van der Waals surface area contributed by atoms with Gasteiger partial charge in [-0.25, -0.2) is 0 Å². The highest BCUT2D eigenvalue weighted by Crippen LogP contribution is 2.25. The molecule has 0 saturated heterocycles. The van der Waals surface area contributed by atoms with E-state index < -0.39 is 0 Å². The van der Waals surface area contributed by atoms with Crippen molar-refractivity contribution < 1.29 is 4.74 Å². The molecule has 4 heteroatoms. The summed E-state index contributed by atoms with van der Waals surface area (Å²) in [5, 5.41) is 13.9. The molecule has 1 atom stereocenters. The molecule has 0 fully saturated rings. The number of hydrogen-bond acceptors (Lipinski definition) is 4. The van der Waals surface area contributed by atoms with Crippen molar-refractivity contribution in [2.24, 2.45) is 0 Å². The van der Waals surface area contributed by atoms with E-state index in [1.807, 2.05) is 36.4 Å². The van der Waals surface area contributed by atoms with Crippen LogP contribution >= 0.6 is 0 Å². The lowest BCUT2D eigenvalue weighted by atomic mass is 10.1. The number of fused-ring (bicyclic) bond motifs is 1. The fraction of sp³-hybridized carbons (Fsp3) is 0.176. The molecule has 0 aliphatic carbocycles. The van der Waals surface area contributed by atoms with Crippen molar-refractivity contribution in [2.45, 2.75) is 13.0 Å². The number of aromatic nitrogens is 2. The number of hydrogen-bond donors (Lipinski definition) is 1. The number of methoxy groups -OCH3 is 1. The topological polar surface area (TPSA) is 47.0 Å². The van der Waals surface area contributed by atoms with E-state index in [1.54, 1.807) is 13.3 Å². The Bertz CT molecular complexity index is 735. The molecule has 0 spiro atoms. The second-order valence-corrected chi connectivity index (χ2v) is 4.92. The molecular formula is C17H17N3O. The number of rotatable bonds is 4. The first-order chi connectivity index (χ1) is 10.3. The summed E-state index contributed by atoms with van der Waals surface area (Å²) in [7, 11) is 1.67. The number of anilines is 1. The third-order valence-corrected chi connectivity index (χ3v) is 3.54. The zero-order valence-corrected chi connectivity index (χ0v) is 12.1. The molecule has 106 valence electrons. The minimum atomic E-state index is 0.135. The Balaban J connectivity index is 1.87. The predicted molar refractivity (Wildman–Crippen MR) is 84.6 cm³/mol. The summed E-state index contributed by atoms with van der Waals surface area (Å²) < 4.78 is 5.18. The lowest BCUT2D eigenvalue weighted by molar-refractivity contribution is 0.414. The van der Waals surface area contributed by atoms with E-state index in [-0.39, 0.29) is 6.04 Å². The first-order valence-electron chi connectivity index (χ1n) is 6.89. The van der Waals surface area contributed by atoms with Gasteiger partial charge in [-0.1, -0.05) is 36.4 Å². The van der Waals surface area contributed by atoms with Crippen LogP contribution in [0.2, 0.25) is 0 Å². The van der Waals surface area contributed by atoms with Crippen molar-refractivity contribution in [1.29, 1.82) is 0 Å². The van der Waals surface area contributed by atoms with Gasteiger partial charge in [-0.15, -0.1) is 5.10 Å². The Morgan fingerprint density at radius 1 is 1.05 bits per heavy atom. The van der Waals surface area contributed by atoms with Crippen LogP contribution in [-0.4, -0.2) is 17.3 Å². The average molecular weight is 279 g/mol. The maximum Gasteiger partial charge on any atom is 0.157 e. The zero-order valence-electron chi connectivity index (χ0n) is 12.1. The van der Waals surface area contributed by atoms with Crippen molar-refractivity contribution in [3.8, 4) is 5.75 Å². The SMILES string of the molecule is COc1ccc(C(C)Nc2nncc3ccccc23)cc1. The highest BCUT2D eigenvalue weighted by atomic mass is 16.5. The molecule has 0 bridgehead atoms. The number of nitrogens with one attached hydrogen (secondary N) is 1. The Kier molecular flexibility index (Phi) is 3.69. The molecule has 4 nitrogen and oxygen atoms in total.